The summed E-state index contributed by atoms with van der Waals surface area (Å²) in [6.07, 6.45) is -3.36. The SMILES string of the molecule is COc1cnccc1C(O)c1ccc(C(F)(F)F)c(F)c1. The Kier molecular flexibility index (Phi) is 4.13. The summed E-state index contributed by atoms with van der Waals surface area (Å²) in [5.74, 6) is -1.18. The van der Waals surface area contributed by atoms with E-state index in [1.165, 1.54) is 25.6 Å². The molecule has 21 heavy (non-hydrogen) atoms. The topological polar surface area (TPSA) is 42.4 Å². The summed E-state index contributed by atoms with van der Waals surface area (Å²) in [5.41, 5.74) is -1.10. The molecule has 1 aromatic carbocycles. The molecular formula is C14H11F4NO2. The molecule has 1 aromatic heterocycles. The van der Waals surface area contributed by atoms with Crippen molar-refractivity contribution in [1.29, 1.82) is 0 Å². The Balaban J connectivity index is 2.41. The summed E-state index contributed by atoms with van der Waals surface area (Å²) >= 11 is 0. The van der Waals surface area contributed by atoms with Gasteiger partial charge in [0.05, 0.1) is 18.9 Å². The second-order valence-electron chi connectivity index (χ2n) is 4.26. The summed E-state index contributed by atoms with van der Waals surface area (Å²) in [5, 5.41) is 10.2. The van der Waals surface area contributed by atoms with E-state index in [9.17, 15) is 22.7 Å². The fourth-order valence-electron chi connectivity index (χ4n) is 1.90. The van der Waals surface area contributed by atoms with Gasteiger partial charge in [-0.15, -0.1) is 0 Å². The number of nitrogens with zero attached hydrogens (tertiary/aromatic N) is 1. The molecule has 0 fully saturated rings. The lowest BCUT2D eigenvalue weighted by Crippen LogP contribution is -2.10. The molecule has 0 bridgehead atoms. The first-order valence-corrected chi connectivity index (χ1v) is 5.87. The lowest BCUT2D eigenvalue weighted by Gasteiger charge is -2.16. The van der Waals surface area contributed by atoms with Gasteiger partial charge >= 0.3 is 6.18 Å². The average molecular weight is 301 g/mol. The molecule has 112 valence electrons. The minimum atomic E-state index is -4.78. The Labute approximate surface area is 117 Å². The maximum absolute atomic E-state index is 13.5. The van der Waals surface area contributed by atoms with Crippen molar-refractivity contribution >= 4 is 0 Å². The molecule has 1 atom stereocenters. The molecule has 2 rings (SSSR count). The van der Waals surface area contributed by atoms with Crippen LogP contribution < -0.4 is 4.74 Å². The zero-order valence-corrected chi connectivity index (χ0v) is 10.9. The lowest BCUT2D eigenvalue weighted by atomic mass is 10.00. The number of alkyl halides is 3. The predicted octanol–water partition coefficient (Wildman–Crippen LogP) is 3.33. The highest BCUT2D eigenvalue weighted by Gasteiger charge is 2.34. The van der Waals surface area contributed by atoms with Crippen LogP contribution in [0, 0.1) is 5.82 Å². The van der Waals surface area contributed by atoms with Crippen LogP contribution in [-0.2, 0) is 6.18 Å². The van der Waals surface area contributed by atoms with Crippen LogP contribution >= 0.6 is 0 Å². The van der Waals surface area contributed by atoms with Crippen LogP contribution in [0.2, 0.25) is 0 Å². The molecule has 3 nitrogen and oxygen atoms in total. The van der Waals surface area contributed by atoms with Gasteiger partial charge in [-0.25, -0.2) is 4.39 Å². The third kappa shape index (κ3) is 3.13. The van der Waals surface area contributed by atoms with Crippen LogP contribution in [0.5, 0.6) is 5.75 Å². The number of pyridine rings is 1. The van der Waals surface area contributed by atoms with Gasteiger partial charge in [-0.3, -0.25) is 4.98 Å². The van der Waals surface area contributed by atoms with Crippen molar-refractivity contribution in [2.75, 3.05) is 7.11 Å². The maximum Gasteiger partial charge on any atom is 0.419 e. The van der Waals surface area contributed by atoms with E-state index in [-0.39, 0.29) is 16.9 Å². The first kappa shape index (κ1) is 15.2. The van der Waals surface area contributed by atoms with Crippen molar-refractivity contribution in [3.05, 3.63) is 59.2 Å². The molecule has 0 radical (unpaired) electrons. The number of rotatable bonds is 3. The van der Waals surface area contributed by atoms with E-state index in [0.29, 0.717) is 12.1 Å². The number of aliphatic hydroxyl groups excluding tert-OH is 1. The fourth-order valence-corrected chi connectivity index (χ4v) is 1.90. The van der Waals surface area contributed by atoms with Gasteiger partial charge in [-0.1, -0.05) is 6.07 Å². The summed E-state index contributed by atoms with van der Waals surface area (Å²) in [4.78, 5) is 3.80. The molecule has 0 aliphatic carbocycles. The molecule has 1 N–H and O–H groups in total. The Morgan fingerprint density at radius 1 is 1.24 bits per heavy atom. The van der Waals surface area contributed by atoms with Crippen molar-refractivity contribution in [3.8, 4) is 5.75 Å². The highest BCUT2D eigenvalue weighted by atomic mass is 19.4. The summed E-state index contributed by atoms with van der Waals surface area (Å²) < 4.78 is 56.0. The zero-order valence-electron chi connectivity index (χ0n) is 10.9. The van der Waals surface area contributed by atoms with Crippen LogP contribution in [0.1, 0.15) is 22.8 Å². The molecule has 0 saturated carbocycles. The molecular weight excluding hydrogens is 290 g/mol. The summed E-state index contributed by atoms with van der Waals surface area (Å²) in [7, 11) is 1.36. The normalized spacial score (nSPS) is 13.0. The standard InChI is InChI=1S/C14H11F4NO2/c1-21-12-7-19-5-4-9(12)13(20)8-2-3-10(11(15)6-8)14(16,17)18/h2-7,13,20H,1H3. The molecule has 0 saturated heterocycles. The molecule has 0 amide bonds. The zero-order chi connectivity index (χ0) is 15.6. The first-order chi connectivity index (χ1) is 9.84. The van der Waals surface area contributed by atoms with E-state index in [1.54, 1.807) is 0 Å². The van der Waals surface area contributed by atoms with Crippen LogP contribution in [0.4, 0.5) is 17.6 Å². The third-order valence-electron chi connectivity index (χ3n) is 2.95. The van der Waals surface area contributed by atoms with E-state index >= 15 is 0 Å². The summed E-state index contributed by atoms with van der Waals surface area (Å²) in [6.45, 7) is 0. The average Bonchev–Trinajstić information content (AvgIpc) is 2.45. The smallest absolute Gasteiger partial charge is 0.419 e. The molecule has 0 aliphatic heterocycles. The second-order valence-corrected chi connectivity index (χ2v) is 4.26. The van der Waals surface area contributed by atoms with Gasteiger partial charge in [0.2, 0.25) is 0 Å². The van der Waals surface area contributed by atoms with Gasteiger partial charge in [0, 0.05) is 11.8 Å². The molecule has 0 spiro atoms. The van der Waals surface area contributed by atoms with Crippen LogP contribution in [0.15, 0.2) is 36.7 Å². The van der Waals surface area contributed by atoms with Gasteiger partial charge in [0.1, 0.15) is 17.7 Å². The molecule has 0 aliphatic rings. The van der Waals surface area contributed by atoms with Crippen LogP contribution in [0.25, 0.3) is 0 Å². The van der Waals surface area contributed by atoms with Crippen LogP contribution in [0.3, 0.4) is 0 Å². The van der Waals surface area contributed by atoms with Gasteiger partial charge in [0.25, 0.3) is 0 Å². The molecule has 1 heterocycles. The number of ether oxygens (including phenoxy) is 1. The van der Waals surface area contributed by atoms with Crippen molar-refractivity contribution in [2.45, 2.75) is 12.3 Å². The number of benzene rings is 1. The minimum absolute atomic E-state index is 0.00926. The second kappa shape index (κ2) is 5.69. The van der Waals surface area contributed by atoms with Gasteiger partial charge < -0.3 is 9.84 Å². The van der Waals surface area contributed by atoms with Crippen molar-refractivity contribution < 1.29 is 27.4 Å². The van der Waals surface area contributed by atoms with E-state index in [2.05, 4.69) is 4.98 Å². The predicted molar refractivity (Wildman–Crippen MR) is 66.3 cm³/mol. The Morgan fingerprint density at radius 2 is 1.95 bits per heavy atom. The minimum Gasteiger partial charge on any atom is -0.495 e. The Morgan fingerprint density at radius 3 is 2.52 bits per heavy atom. The van der Waals surface area contributed by atoms with Crippen molar-refractivity contribution in [1.82, 2.24) is 4.98 Å². The molecule has 2 aromatic rings. The quantitative estimate of drug-likeness (QED) is 0.884. The Bertz CT molecular complexity index is 643. The third-order valence-corrected chi connectivity index (χ3v) is 2.95. The fraction of sp³-hybridized carbons (Fsp3) is 0.214. The largest absolute Gasteiger partial charge is 0.495 e. The summed E-state index contributed by atoms with van der Waals surface area (Å²) in [6, 6.07) is 3.73. The number of methoxy groups -OCH3 is 1. The van der Waals surface area contributed by atoms with E-state index in [0.717, 1.165) is 6.07 Å². The highest BCUT2D eigenvalue weighted by Crippen LogP contribution is 2.34. The number of halogens is 4. The van der Waals surface area contributed by atoms with E-state index in [1.807, 2.05) is 0 Å². The maximum atomic E-state index is 13.5. The van der Waals surface area contributed by atoms with Gasteiger partial charge in [-0.2, -0.15) is 13.2 Å². The monoisotopic (exact) mass is 301 g/mol. The lowest BCUT2D eigenvalue weighted by molar-refractivity contribution is -0.140. The number of hydrogen-bond donors (Lipinski definition) is 1. The highest BCUT2D eigenvalue weighted by molar-refractivity contribution is 5.39. The van der Waals surface area contributed by atoms with Gasteiger partial charge in [0.15, 0.2) is 0 Å². The first-order valence-electron chi connectivity index (χ1n) is 5.87. The molecule has 1 unspecified atom stereocenters. The van der Waals surface area contributed by atoms with E-state index in [4.69, 9.17) is 4.74 Å². The number of hydrogen-bond acceptors (Lipinski definition) is 3. The molecule has 7 heteroatoms. The van der Waals surface area contributed by atoms with Gasteiger partial charge in [-0.05, 0) is 23.8 Å². The van der Waals surface area contributed by atoms with E-state index < -0.39 is 23.7 Å². The van der Waals surface area contributed by atoms with Crippen molar-refractivity contribution in [3.63, 3.8) is 0 Å². The Hall–Kier alpha value is -2.15. The number of aromatic nitrogens is 1. The van der Waals surface area contributed by atoms with Crippen molar-refractivity contribution in [2.24, 2.45) is 0 Å². The number of aliphatic hydroxyl groups is 1. The van der Waals surface area contributed by atoms with Crippen LogP contribution in [-0.4, -0.2) is 17.2 Å².